The second-order valence-corrected chi connectivity index (χ2v) is 12.8. The van der Waals surface area contributed by atoms with Crippen molar-refractivity contribution in [3.05, 3.63) is 83.4 Å². The van der Waals surface area contributed by atoms with Gasteiger partial charge in [-0.25, -0.2) is 0 Å². The number of rotatable bonds is 8. The number of benzene rings is 3. The minimum Gasteiger partial charge on any atom is -0.491 e. The van der Waals surface area contributed by atoms with Crippen LogP contribution in [0.4, 0.5) is 0 Å². The van der Waals surface area contributed by atoms with Gasteiger partial charge in [0, 0.05) is 11.6 Å². The lowest BCUT2D eigenvalue weighted by atomic mass is 10.0. The Hall–Kier alpha value is -4.77. The molecule has 0 unspecified atom stereocenters. The monoisotopic (exact) mass is 676 g/mol. The Kier molecular flexibility index (Phi) is 11.4. The first-order valence-corrected chi connectivity index (χ1v) is 16.5. The number of fused-ring (bicyclic) bond motifs is 2. The van der Waals surface area contributed by atoms with Crippen LogP contribution in [-0.4, -0.2) is 72.5 Å². The lowest BCUT2D eigenvalue weighted by Crippen LogP contribution is -2.56. The molecule has 0 saturated carbocycles. The van der Waals surface area contributed by atoms with Crippen molar-refractivity contribution >= 4 is 35.2 Å². The Labute approximate surface area is 285 Å². The zero-order valence-electron chi connectivity index (χ0n) is 27.2. The fourth-order valence-electron chi connectivity index (χ4n) is 5.73. The number of hydrogen-bond acceptors (Lipinski definition) is 7. The van der Waals surface area contributed by atoms with E-state index >= 15 is 0 Å². The lowest BCUT2D eigenvalue weighted by Gasteiger charge is -2.32. The van der Waals surface area contributed by atoms with Gasteiger partial charge in [0.1, 0.15) is 36.8 Å². The average molecular weight is 677 g/mol. The summed E-state index contributed by atoms with van der Waals surface area (Å²) < 4.78 is 18.1. The van der Waals surface area contributed by atoms with Crippen LogP contribution in [0, 0.1) is 5.92 Å². The predicted molar refractivity (Wildman–Crippen MR) is 180 cm³/mol. The summed E-state index contributed by atoms with van der Waals surface area (Å²) in [6, 6.07) is 18.0. The second kappa shape index (κ2) is 15.9. The first kappa shape index (κ1) is 34.6. The molecule has 2 aliphatic rings. The molecule has 1 saturated heterocycles. The van der Waals surface area contributed by atoms with Crippen LogP contribution in [0.5, 0.6) is 23.0 Å². The smallest absolute Gasteiger partial charge is 0.255 e. The Bertz CT molecular complexity index is 1630. The van der Waals surface area contributed by atoms with Crippen LogP contribution >= 0.6 is 11.6 Å². The largest absolute Gasteiger partial charge is 0.491 e. The highest BCUT2D eigenvalue weighted by Crippen LogP contribution is 2.32. The summed E-state index contributed by atoms with van der Waals surface area (Å²) in [6.07, 6.45) is 1.18. The average Bonchev–Trinajstić information content (AvgIpc) is 3.53. The molecule has 0 bridgehead atoms. The van der Waals surface area contributed by atoms with E-state index in [0.717, 1.165) is 12.8 Å². The third-order valence-electron chi connectivity index (χ3n) is 8.23. The Morgan fingerprint density at radius 3 is 2.52 bits per heavy atom. The fourth-order valence-corrected chi connectivity index (χ4v) is 5.91. The number of halogens is 1. The van der Waals surface area contributed by atoms with Crippen molar-refractivity contribution in [2.24, 2.45) is 5.92 Å². The molecular formula is C36H41ClN4O7. The van der Waals surface area contributed by atoms with E-state index < -0.39 is 35.8 Å². The molecular weight excluding hydrogens is 636 g/mol. The fraction of sp³-hybridized carbons (Fsp3) is 0.389. The molecule has 4 amide bonds. The molecule has 12 heteroatoms. The van der Waals surface area contributed by atoms with E-state index in [9.17, 15) is 19.2 Å². The van der Waals surface area contributed by atoms with Crippen LogP contribution in [-0.2, 0) is 14.4 Å². The van der Waals surface area contributed by atoms with E-state index in [1.807, 2.05) is 19.9 Å². The molecule has 11 nitrogen and oxygen atoms in total. The topological polar surface area (TPSA) is 135 Å². The highest BCUT2D eigenvalue weighted by atomic mass is 35.5. The molecule has 3 N–H and O–H groups in total. The number of carbonyl (C=O) groups is 4. The summed E-state index contributed by atoms with van der Waals surface area (Å²) in [5, 5.41) is 8.93. The van der Waals surface area contributed by atoms with Crippen molar-refractivity contribution in [3.63, 3.8) is 0 Å². The van der Waals surface area contributed by atoms with Gasteiger partial charge in [-0.3, -0.25) is 19.2 Å². The minimum absolute atomic E-state index is 0.0616. The van der Waals surface area contributed by atoms with Crippen LogP contribution in [0.25, 0.3) is 0 Å². The molecule has 1 fully saturated rings. The Morgan fingerprint density at radius 1 is 1.00 bits per heavy atom. The summed E-state index contributed by atoms with van der Waals surface area (Å²) in [4.78, 5) is 56.0. The van der Waals surface area contributed by atoms with E-state index in [4.69, 9.17) is 25.8 Å². The molecule has 3 aromatic carbocycles. The first-order valence-electron chi connectivity index (χ1n) is 16.2. The lowest BCUT2D eigenvalue weighted by molar-refractivity contribution is -0.139. The standard InChI is InChI=1S/C36H41ClN4O7/c1-22(2)33-36(45)41-17-9-11-25(41)21-47-29-14-5-4-13-27(29)34(43)39-28(19-32(42)40-33)35(44)38-23(3)20-46-30-15-6-7-16-31(30)48-26-12-8-10-24(37)18-26/h4-8,10,12-16,18,22-23,25,28,33H,9,11,17,19-21H2,1-3H3,(H,38,44)(H,39,43)(H,40,42)/t23-,25+,28+,33-/m1/s1. The molecule has 0 radical (unpaired) electrons. The van der Waals surface area contributed by atoms with E-state index in [1.165, 1.54) is 0 Å². The number of hydrogen-bond donors (Lipinski definition) is 3. The summed E-state index contributed by atoms with van der Waals surface area (Å²) in [5.41, 5.74) is 0.219. The zero-order chi connectivity index (χ0) is 34.2. The van der Waals surface area contributed by atoms with Crippen LogP contribution in [0.2, 0.25) is 5.02 Å². The van der Waals surface area contributed by atoms with Gasteiger partial charge < -0.3 is 35.1 Å². The zero-order valence-corrected chi connectivity index (χ0v) is 28.0. The number of ether oxygens (including phenoxy) is 3. The van der Waals surface area contributed by atoms with Gasteiger partial charge >= 0.3 is 0 Å². The number of nitrogens with one attached hydrogen (secondary N) is 3. The number of nitrogens with zero attached hydrogens (tertiary/aromatic N) is 1. The molecule has 0 aromatic heterocycles. The summed E-state index contributed by atoms with van der Waals surface area (Å²) >= 11 is 6.10. The maximum Gasteiger partial charge on any atom is 0.255 e. The number of amides is 4. The summed E-state index contributed by atoms with van der Waals surface area (Å²) in [6.45, 7) is 6.27. The van der Waals surface area contributed by atoms with Gasteiger partial charge in [0.2, 0.25) is 17.7 Å². The molecule has 48 heavy (non-hydrogen) atoms. The molecule has 4 atom stereocenters. The van der Waals surface area contributed by atoms with Gasteiger partial charge in [0.25, 0.3) is 5.91 Å². The second-order valence-electron chi connectivity index (χ2n) is 12.4. The maximum absolute atomic E-state index is 13.7. The van der Waals surface area contributed by atoms with Crippen molar-refractivity contribution in [2.45, 2.75) is 64.2 Å². The number of carbonyl (C=O) groups excluding carboxylic acids is 4. The summed E-state index contributed by atoms with van der Waals surface area (Å²) in [5.74, 6) is -0.300. The molecule has 2 aliphatic heterocycles. The quantitative estimate of drug-likeness (QED) is 0.314. The van der Waals surface area contributed by atoms with E-state index in [-0.39, 0.29) is 43.1 Å². The molecule has 5 rings (SSSR count). The van der Waals surface area contributed by atoms with Crippen molar-refractivity contribution in [3.8, 4) is 23.0 Å². The normalized spacial score (nSPS) is 20.7. The van der Waals surface area contributed by atoms with Crippen LogP contribution in [0.15, 0.2) is 72.8 Å². The molecule has 2 heterocycles. The van der Waals surface area contributed by atoms with Gasteiger partial charge in [0.15, 0.2) is 11.5 Å². The van der Waals surface area contributed by atoms with E-state index in [2.05, 4.69) is 16.0 Å². The summed E-state index contributed by atoms with van der Waals surface area (Å²) in [7, 11) is 0. The van der Waals surface area contributed by atoms with Gasteiger partial charge in [-0.1, -0.05) is 55.8 Å². The van der Waals surface area contributed by atoms with Gasteiger partial charge in [-0.2, -0.15) is 0 Å². The Morgan fingerprint density at radius 2 is 1.75 bits per heavy atom. The van der Waals surface area contributed by atoms with Crippen molar-refractivity contribution in [2.75, 3.05) is 19.8 Å². The highest BCUT2D eigenvalue weighted by Gasteiger charge is 2.37. The third kappa shape index (κ3) is 8.77. The predicted octanol–water partition coefficient (Wildman–Crippen LogP) is 4.73. The van der Waals surface area contributed by atoms with E-state index in [0.29, 0.717) is 34.6 Å². The minimum atomic E-state index is -1.25. The van der Waals surface area contributed by atoms with E-state index in [1.54, 1.807) is 78.6 Å². The number of para-hydroxylation sites is 3. The SMILES string of the molecule is CC(C)[C@H]1NC(=O)C[C@@H](C(=O)N[C@H](C)COc2ccccc2Oc2cccc(Cl)c2)NC(=O)c2ccccc2OC[C@@H]2CCCN2C1=O. The molecule has 0 spiro atoms. The maximum atomic E-state index is 13.7. The van der Waals surface area contributed by atoms with Crippen LogP contribution in [0.3, 0.4) is 0 Å². The van der Waals surface area contributed by atoms with Crippen LogP contribution in [0.1, 0.15) is 50.4 Å². The molecule has 0 aliphatic carbocycles. The highest BCUT2D eigenvalue weighted by molar-refractivity contribution is 6.30. The van der Waals surface area contributed by atoms with Gasteiger partial charge in [-0.15, -0.1) is 0 Å². The van der Waals surface area contributed by atoms with Crippen molar-refractivity contribution < 1.29 is 33.4 Å². The molecule has 3 aromatic rings. The van der Waals surface area contributed by atoms with Gasteiger partial charge in [0.05, 0.1) is 24.1 Å². The van der Waals surface area contributed by atoms with Crippen molar-refractivity contribution in [1.29, 1.82) is 0 Å². The third-order valence-corrected chi connectivity index (χ3v) is 8.47. The van der Waals surface area contributed by atoms with Crippen molar-refractivity contribution in [1.82, 2.24) is 20.9 Å². The first-order chi connectivity index (χ1) is 23.1. The molecule has 254 valence electrons. The Balaban J connectivity index is 1.31. The van der Waals surface area contributed by atoms with Crippen LogP contribution < -0.4 is 30.2 Å². The van der Waals surface area contributed by atoms with Gasteiger partial charge in [-0.05, 0) is 68.1 Å².